The number of hydrogen-bond acceptors (Lipinski definition) is 2. The summed E-state index contributed by atoms with van der Waals surface area (Å²) in [7, 11) is 0. The molecule has 0 unspecified atom stereocenters. The van der Waals surface area contributed by atoms with E-state index in [1.807, 2.05) is 0 Å². The van der Waals surface area contributed by atoms with E-state index in [1.54, 1.807) is 18.2 Å². The van der Waals surface area contributed by atoms with Crippen molar-refractivity contribution in [3.05, 3.63) is 28.2 Å². The molecule has 120 valence electrons. The third-order valence-electron chi connectivity index (χ3n) is 6.13. The normalized spacial score (nSPS) is 32.0. The van der Waals surface area contributed by atoms with Gasteiger partial charge in [-0.25, -0.2) is 4.79 Å². The number of halogens is 2. The van der Waals surface area contributed by atoms with Crippen molar-refractivity contribution >= 4 is 35.0 Å². The number of nitrogens with one attached hydrogen (secondary N) is 1. The standard InChI is InChI=1S/C17H21Cl2NO2/c1-16(2)10-6-7-17(16,3)14(8-10)22-15(21)20-11-4-5-12(18)13(19)9-11/h4-5,9-10,14H,6-8H2,1-3H3,(H,20,21)/t10-,14-,17+/m1/s1. The quantitative estimate of drug-likeness (QED) is 0.742. The fourth-order valence-electron chi connectivity index (χ4n) is 4.16. The molecule has 3 nitrogen and oxygen atoms in total. The van der Waals surface area contributed by atoms with E-state index in [0.717, 1.165) is 12.8 Å². The molecule has 0 spiro atoms. The molecule has 1 aromatic rings. The van der Waals surface area contributed by atoms with Crippen LogP contribution in [0.2, 0.25) is 10.0 Å². The van der Waals surface area contributed by atoms with Gasteiger partial charge < -0.3 is 4.74 Å². The maximum atomic E-state index is 12.2. The number of hydrogen-bond donors (Lipinski definition) is 1. The molecule has 22 heavy (non-hydrogen) atoms. The fraction of sp³-hybridized carbons (Fsp3) is 0.588. The Morgan fingerprint density at radius 1 is 1.27 bits per heavy atom. The molecule has 2 aliphatic rings. The lowest BCUT2D eigenvalue weighted by atomic mass is 9.70. The van der Waals surface area contributed by atoms with Crippen LogP contribution in [-0.2, 0) is 4.74 Å². The van der Waals surface area contributed by atoms with Crippen molar-refractivity contribution in [2.24, 2.45) is 16.7 Å². The number of ether oxygens (including phenoxy) is 1. The van der Waals surface area contributed by atoms with Gasteiger partial charge in [-0.05, 0) is 48.8 Å². The molecule has 1 aromatic carbocycles. The van der Waals surface area contributed by atoms with Crippen LogP contribution in [0.15, 0.2) is 18.2 Å². The van der Waals surface area contributed by atoms with Crippen molar-refractivity contribution in [1.29, 1.82) is 0 Å². The predicted molar refractivity (Wildman–Crippen MR) is 89.6 cm³/mol. The monoisotopic (exact) mass is 341 g/mol. The Bertz CT molecular complexity index is 617. The summed E-state index contributed by atoms with van der Waals surface area (Å²) in [4.78, 5) is 12.2. The molecule has 2 bridgehead atoms. The lowest BCUT2D eigenvalue weighted by Gasteiger charge is -2.38. The Balaban J connectivity index is 1.67. The largest absolute Gasteiger partial charge is 0.445 e. The van der Waals surface area contributed by atoms with Crippen LogP contribution in [0.5, 0.6) is 0 Å². The highest BCUT2D eigenvalue weighted by molar-refractivity contribution is 6.42. The van der Waals surface area contributed by atoms with Crippen molar-refractivity contribution in [3.8, 4) is 0 Å². The maximum absolute atomic E-state index is 12.2. The second kappa shape index (κ2) is 5.31. The van der Waals surface area contributed by atoms with Crippen LogP contribution < -0.4 is 5.32 Å². The minimum absolute atomic E-state index is 0.0241. The average Bonchev–Trinajstić information content (AvgIpc) is 2.76. The number of amides is 1. The molecule has 1 amide bonds. The van der Waals surface area contributed by atoms with Crippen molar-refractivity contribution in [2.45, 2.75) is 46.1 Å². The SMILES string of the molecule is CC1(C)[C@@H]2CC[C@@]1(C)[C@H](OC(=O)Nc1ccc(Cl)c(Cl)c1)C2. The lowest BCUT2D eigenvalue weighted by Crippen LogP contribution is -2.39. The van der Waals surface area contributed by atoms with Gasteiger partial charge in [-0.2, -0.15) is 0 Å². The third-order valence-corrected chi connectivity index (χ3v) is 6.87. The van der Waals surface area contributed by atoms with Crippen LogP contribution in [0.1, 0.15) is 40.0 Å². The Morgan fingerprint density at radius 3 is 2.55 bits per heavy atom. The number of carbonyl (C=O) groups excluding carboxylic acids is 1. The Morgan fingerprint density at radius 2 is 2.00 bits per heavy atom. The summed E-state index contributed by atoms with van der Waals surface area (Å²) in [5.41, 5.74) is 0.876. The summed E-state index contributed by atoms with van der Waals surface area (Å²) in [5.74, 6) is 0.639. The topological polar surface area (TPSA) is 38.3 Å². The smallest absolute Gasteiger partial charge is 0.411 e. The number of rotatable bonds is 2. The van der Waals surface area contributed by atoms with Gasteiger partial charge in [0.05, 0.1) is 10.0 Å². The van der Waals surface area contributed by atoms with Gasteiger partial charge in [0, 0.05) is 11.1 Å². The van der Waals surface area contributed by atoms with Crippen molar-refractivity contribution < 1.29 is 9.53 Å². The molecule has 3 rings (SSSR count). The zero-order valence-corrected chi connectivity index (χ0v) is 14.6. The summed E-state index contributed by atoms with van der Waals surface area (Å²) < 4.78 is 5.73. The van der Waals surface area contributed by atoms with E-state index < -0.39 is 6.09 Å². The van der Waals surface area contributed by atoms with Crippen LogP contribution in [0.4, 0.5) is 10.5 Å². The van der Waals surface area contributed by atoms with E-state index in [1.165, 1.54) is 6.42 Å². The van der Waals surface area contributed by atoms with Crippen LogP contribution in [0, 0.1) is 16.7 Å². The number of carbonyl (C=O) groups is 1. The van der Waals surface area contributed by atoms with Gasteiger partial charge in [-0.1, -0.05) is 44.0 Å². The first-order chi connectivity index (χ1) is 10.2. The second-order valence-corrected chi connectivity index (χ2v) is 8.07. The van der Waals surface area contributed by atoms with E-state index in [-0.39, 0.29) is 16.9 Å². The molecule has 5 heteroatoms. The maximum Gasteiger partial charge on any atom is 0.411 e. The molecule has 2 saturated carbocycles. The van der Waals surface area contributed by atoms with Crippen LogP contribution in [0.25, 0.3) is 0 Å². The van der Waals surface area contributed by atoms with E-state index >= 15 is 0 Å². The zero-order chi connectivity index (χ0) is 16.1. The Kier molecular flexibility index (Phi) is 3.85. The molecular formula is C17H21Cl2NO2. The van der Waals surface area contributed by atoms with Crippen molar-refractivity contribution in [2.75, 3.05) is 5.32 Å². The highest BCUT2D eigenvalue weighted by Gasteiger charge is 2.62. The van der Waals surface area contributed by atoms with Gasteiger partial charge in [0.25, 0.3) is 0 Å². The van der Waals surface area contributed by atoms with Crippen LogP contribution in [-0.4, -0.2) is 12.2 Å². The first-order valence-electron chi connectivity index (χ1n) is 7.67. The summed E-state index contributed by atoms with van der Waals surface area (Å²) >= 11 is 11.8. The van der Waals surface area contributed by atoms with E-state index in [9.17, 15) is 4.79 Å². The molecule has 0 radical (unpaired) electrons. The molecule has 2 aliphatic carbocycles. The number of benzene rings is 1. The summed E-state index contributed by atoms with van der Waals surface area (Å²) in [6.07, 6.45) is 2.86. The summed E-state index contributed by atoms with van der Waals surface area (Å²) in [6, 6.07) is 4.99. The van der Waals surface area contributed by atoms with E-state index in [2.05, 4.69) is 26.1 Å². The highest BCUT2D eigenvalue weighted by Crippen LogP contribution is 2.66. The number of fused-ring (bicyclic) bond motifs is 2. The molecular weight excluding hydrogens is 321 g/mol. The fourth-order valence-corrected chi connectivity index (χ4v) is 4.46. The molecule has 3 atom stereocenters. The molecule has 0 aromatic heterocycles. The van der Waals surface area contributed by atoms with E-state index in [4.69, 9.17) is 27.9 Å². The second-order valence-electron chi connectivity index (χ2n) is 7.26. The van der Waals surface area contributed by atoms with Gasteiger partial charge in [-0.3, -0.25) is 5.32 Å². The Labute approximate surface area is 141 Å². The van der Waals surface area contributed by atoms with Crippen LogP contribution in [0.3, 0.4) is 0 Å². The van der Waals surface area contributed by atoms with Crippen molar-refractivity contribution in [1.82, 2.24) is 0 Å². The van der Waals surface area contributed by atoms with E-state index in [0.29, 0.717) is 21.7 Å². The zero-order valence-electron chi connectivity index (χ0n) is 13.1. The third kappa shape index (κ3) is 2.39. The minimum Gasteiger partial charge on any atom is -0.445 e. The molecule has 0 aliphatic heterocycles. The van der Waals surface area contributed by atoms with Gasteiger partial charge in [0.1, 0.15) is 6.10 Å². The van der Waals surface area contributed by atoms with Gasteiger partial charge >= 0.3 is 6.09 Å². The van der Waals surface area contributed by atoms with Crippen molar-refractivity contribution in [3.63, 3.8) is 0 Å². The molecule has 1 N–H and O–H groups in total. The first kappa shape index (κ1) is 15.9. The highest BCUT2D eigenvalue weighted by atomic mass is 35.5. The van der Waals surface area contributed by atoms with Gasteiger partial charge in [0.2, 0.25) is 0 Å². The predicted octanol–water partition coefficient (Wildman–Crippen LogP) is 5.76. The molecule has 0 saturated heterocycles. The Hall–Kier alpha value is -0.930. The lowest BCUT2D eigenvalue weighted by molar-refractivity contribution is 0.00148. The average molecular weight is 342 g/mol. The number of anilines is 1. The minimum atomic E-state index is -0.423. The van der Waals surface area contributed by atoms with Gasteiger partial charge in [0.15, 0.2) is 0 Å². The van der Waals surface area contributed by atoms with Gasteiger partial charge in [-0.15, -0.1) is 0 Å². The van der Waals surface area contributed by atoms with Crippen LogP contribution >= 0.6 is 23.2 Å². The summed E-state index contributed by atoms with van der Waals surface area (Å²) in [6.45, 7) is 6.84. The first-order valence-corrected chi connectivity index (χ1v) is 8.42. The molecule has 0 heterocycles. The molecule has 2 fully saturated rings. The summed E-state index contributed by atoms with van der Waals surface area (Å²) in [5, 5.41) is 3.61.